The maximum atomic E-state index is 8.99. The summed E-state index contributed by atoms with van der Waals surface area (Å²) in [4.78, 5) is 0. The van der Waals surface area contributed by atoms with Gasteiger partial charge in [0.05, 0.1) is 18.2 Å². The van der Waals surface area contributed by atoms with Gasteiger partial charge in [-0.25, -0.2) is 0 Å². The summed E-state index contributed by atoms with van der Waals surface area (Å²) in [7, 11) is 0. The first-order valence-electron chi connectivity index (χ1n) is 3.51. The van der Waals surface area contributed by atoms with Crippen molar-refractivity contribution in [3.63, 3.8) is 0 Å². The molecule has 1 rings (SSSR count). The molecular weight excluding hydrogens is 218 g/mol. The summed E-state index contributed by atoms with van der Waals surface area (Å²) in [6, 6.07) is 7.45. The third kappa shape index (κ3) is 1.66. The molecule has 1 aromatic carbocycles. The average molecular weight is 226 g/mol. The first-order valence-corrected chi connectivity index (χ1v) is 4.63. The van der Waals surface area contributed by atoms with E-state index in [1.54, 1.807) is 6.07 Å². The maximum Gasteiger partial charge on any atom is 0.0995 e. The van der Waals surface area contributed by atoms with Crippen molar-refractivity contribution in [3.05, 3.63) is 34.9 Å². The van der Waals surface area contributed by atoms with Crippen LogP contribution in [0.4, 0.5) is 0 Å². The molecule has 0 aliphatic carbocycles. The Morgan fingerprint density at radius 3 is 2.75 bits per heavy atom. The van der Waals surface area contributed by atoms with Gasteiger partial charge in [0, 0.05) is 5.33 Å². The highest BCUT2D eigenvalue weighted by Crippen LogP contribution is 2.16. The minimum Gasteiger partial charge on any atom is -0.392 e. The number of aliphatic hydroxyl groups excluding tert-OH is 1. The van der Waals surface area contributed by atoms with Crippen LogP contribution in [0.25, 0.3) is 0 Å². The highest BCUT2D eigenvalue weighted by atomic mass is 79.9. The first-order chi connectivity index (χ1) is 5.83. The fourth-order valence-corrected chi connectivity index (χ4v) is 1.58. The van der Waals surface area contributed by atoms with E-state index >= 15 is 0 Å². The van der Waals surface area contributed by atoms with Crippen molar-refractivity contribution in [1.29, 1.82) is 5.26 Å². The van der Waals surface area contributed by atoms with E-state index in [2.05, 4.69) is 15.9 Å². The molecule has 0 unspecified atom stereocenters. The Kier molecular flexibility index (Phi) is 3.27. The van der Waals surface area contributed by atoms with Crippen LogP contribution in [0.2, 0.25) is 0 Å². The predicted octanol–water partition coefficient (Wildman–Crippen LogP) is 1.95. The van der Waals surface area contributed by atoms with E-state index in [1.165, 1.54) is 0 Å². The van der Waals surface area contributed by atoms with Gasteiger partial charge in [0.15, 0.2) is 0 Å². The van der Waals surface area contributed by atoms with E-state index < -0.39 is 0 Å². The van der Waals surface area contributed by atoms with E-state index in [9.17, 15) is 0 Å². The number of halogens is 1. The van der Waals surface area contributed by atoms with Crippen molar-refractivity contribution in [2.75, 3.05) is 0 Å². The molecule has 0 spiro atoms. The van der Waals surface area contributed by atoms with Crippen molar-refractivity contribution in [2.24, 2.45) is 0 Å². The SMILES string of the molecule is N#Cc1cccc(CBr)c1CO. The third-order valence-corrected chi connectivity index (χ3v) is 2.30. The lowest BCUT2D eigenvalue weighted by molar-refractivity contribution is 0.280. The van der Waals surface area contributed by atoms with Crippen LogP contribution < -0.4 is 0 Å². The molecule has 0 aliphatic rings. The number of hydrogen-bond acceptors (Lipinski definition) is 2. The summed E-state index contributed by atoms with van der Waals surface area (Å²) in [6.07, 6.45) is 0. The standard InChI is InChI=1S/C9H8BrNO/c10-4-7-2-1-3-8(5-11)9(7)6-12/h1-3,12H,4,6H2. The molecule has 0 heterocycles. The lowest BCUT2D eigenvalue weighted by atomic mass is 10.0. The van der Waals surface area contributed by atoms with Crippen LogP contribution in [0.5, 0.6) is 0 Å². The Bertz CT molecular complexity index is 317. The van der Waals surface area contributed by atoms with Crippen molar-refractivity contribution < 1.29 is 5.11 Å². The van der Waals surface area contributed by atoms with Gasteiger partial charge in [-0.3, -0.25) is 0 Å². The van der Waals surface area contributed by atoms with Crippen molar-refractivity contribution in [3.8, 4) is 6.07 Å². The second-order valence-electron chi connectivity index (χ2n) is 2.35. The van der Waals surface area contributed by atoms with Gasteiger partial charge in [-0.2, -0.15) is 5.26 Å². The lowest BCUT2D eigenvalue weighted by Gasteiger charge is -2.04. The molecule has 0 atom stereocenters. The zero-order valence-corrected chi connectivity index (χ0v) is 8.00. The number of rotatable bonds is 2. The summed E-state index contributed by atoms with van der Waals surface area (Å²) >= 11 is 3.29. The molecule has 0 saturated carbocycles. The topological polar surface area (TPSA) is 44.0 Å². The summed E-state index contributed by atoms with van der Waals surface area (Å²) in [6.45, 7) is -0.0787. The molecule has 1 aromatic rings. The Balaban J connectivity index is 3.24. The molecular formula is C9H8BrNO. The Labute approximate surface area is 79.6 Å². The molecule has 3 heteroatoms. The molecule has 0 aromatic heterocycles. The second kappa shape index (κ2) is 4.24. The van der Waals surface area contributed by atoms with Gasteiger partial charge in [-0.05, 0) is 17.2 Å². The maximum absolute atomic E-state index is 8.99. The fraction of sp³-hybridized carbons (Fsp3) is 0.222. The molecule has 1 N–H and O–H groups in total. The quantitative estimate of drug-likeness (QED) is 0.783. The number of benzene rings is 1. The van der Waals surface area contributed by atoms with Crippen LogP contribution in [-0.2, 0) is 11.9 Å². The van der Waals surface area contributed by atoms with E-state index in [0.717, 1.165) is 11.1 Å². The summed E-state index contributed by atoms with van der Waals surface area (Å²) in [5, 5.41) is 18.3. The monoisotopic (exact) mass is 225 g/mol. The molecule has 0 amide bonds. The zero-order valence-electron chi connectivity index (χ0n) is 6.42. The summed E-state index contributed by atoms with van der Waals surface area (Å²) < 4.78 is 0. The fourth-order valence-electron chi connectivity index (χ4n) is 1.05. The third-order valence-electron chi connectivity index (χ3n) is 1.70. The highest BCUT2D eigenvalue weighted by Gasteiger charge is 2.04. The van der Waals surface area contributed by atoms with Gasteiger partial charge in [0.1, 0.15) is 0 Å². The molecule has 0 bridgehead atoms. The zero-order chi connectivity index (χ0) is 8.97. The largest absolute Gasteiger partial charge is 0.392 e. The molecule has 2 nitrogen and oxygen atoms in total. The molecule has 0 aliphatic heterocycles. The van der Waals surface area contributed by atoms with E-state index in [-0.39, 0.29) is 6.61 Å². The first kappa shape index (κ1) is 9.24. The van der Waals surface area contributed by atoms with E-state index in [4.69, 9.17) is 10.4 Å². The van der Waals surface area contributed by atoms with E-state index in [0.29, 0.717) is 10.9 Å². The number of hydrogen-bond donors (Lipinski definition) is 1. The normalized spacial score (nSPS) is 9.42. The lowest BCUT2D eigenvalue weighted by Crippen LogP contribution is -1.94. The van der Waals surface area contributed by atoms with Gasteiger partial charge >= 0.3 is 0 Å². The summed E-state index contributed by atoms with van der Waals surface area (Å²) in [5.41, 5.74) is 2.24. The van der Waals surface area contributed by atoms with Crippen molar-refractivity contribution in [1.82, 2.24) is 0 Å². The van der Waals surface area contributed by atoms with Crippen molar-refractivity contribution >= 4 is 15.9 Å². The van der Waals surface area contributed by atoms with Gasteiger partial charge in [0.2, 0.25) is 0 Å². The van der Waals surface area contributed by atoms with E-state index in [1.807, 2.05) is 18.2 Å². The molecule has 62 valence electrons. The molecule has 12 heavy (non-hydrogen) atoms. The van der Waals surface area contributed by atoms with Crippen molar-refractivity contribution in [2.45, 2.75) is 11.9 Å². The van der Waals surface area contributed by atoms with Crippen LogP contribution in [0.3, 0.4) is 0 Å². The highest BCUT2D eigenvalue weighted by molar-refractivity contribution is 9.08. The van der Waals surface area contributed by atoms with Crippen LogP contribution in [-0.4, -0.2) is 5.11 Å². The second-order valence-corrected chi connectivity index (χ2v) is 2.91. The predicted molar refractivity (Wildman–Crippen MR) is 49.7 cm³/mol. The van der Waals surface area contributed by atoms with Crippen LogP contribution in [0.1, 0.15) is 16.7 Å². The molecule has 0 radical (unpaired) electrons. The number of alkyl halides is 1. The molecule has 0 saturated heterocycles. The van der Waals surface area contributed by atoms with Gasteiger partial charge < -0.3 is 5.11 Å². The number of aliphatic hydroxyl groups is 1. The summed E-state index contributed by atoms with van der Waals surface area (Å²) in [5.74, 6) is 0. The van der Waals surface area contributed by atoms with Crippen LogP contribution in [0.15, 0.2) is 18.2 Å². The minimum atomic E-state index is -0.0787. The molecule has 0 fully saturated rings. The Hall–Kier alpha value is -0.850. The minimum absolute atomic E-state index is 0.0787. The smallest absolute Gasteiger partial charge is 0.0995 e. The number of nitrogens with zero attached hydrogens (tertiary/aromatic N) is 1. The van der Waals surface area contributed by atoms with Crippen LogP contribution in [0, 0.1) is 11.3 Å². The Morgan fingerprint density at radius 2 is 2.25 bits per heavy atom. The Morgan fingerprint density at radius 1 is 1.50 bits per heavy atom. The van der Waals surface area contributed by atoms with Gasteiger partial charge in [0.25, 0.3) is 0 Å². The van der Waals surface area contributed by atoms with Gasteiger partial charge in [-0.15, -0.1) is 0 Å². The van der Waals surface area contributed by atoms with Gasteiger partial charge in [-0.1, -0.05) is 28.1 Å². The average Bonchev–Trinajstić information content (AvgIpc) is 2.16. The van der Waals surface area contributed by atoms with Crippen LogP contribution >= 0.6 is 15.9 Å². The number of nitriles is 1.